The SMILES string of the molecule is CCOc1ccc2c(ccn2C(=O)OC(C)(C)C)c1[B-](F)(F)F. The average molecular weight is 328 g/mol. The molecule has 0 radical (unpaired) electrons. The Morgan fingerprint density at radius 1 is 1.22 bits per heavy atom. The first-order valence-corrected chi connectivity index (χ1v) is 7.24. The van der Waals surface area contributed by atoms with Crippen LogP contribution in [0, 0.1) is 0 Å². The Hall–Kier alpha value is -2.12. The second-order valence-corrected chi connectivity index (χ2v) is 6.08. The van der Waals surface area contributed by atoms with Gasteiger partial charge in [0, 0.05) is 6.20 Å². The van der Waals surface area contributed by atoms with Gasteiger partial charge in [-0.15, -0.1) is 0 Å². The van der Waals surface area contributed by atoms with Crippen molar-refractivity contribution in [3.05, 3.63) is 24.4 Å². The van der Waals surface area contributed by atoms with E-state index >= 15 is 0 Å². The fourth-order valence-electron chi connectivity index (χ4n) is 2.31. The van der Waals surface area contributed by atoms with Gasteiger partial charge in [0.2, 0.25) is 0 Å². The van der Waals surface area contributed by atoms with Crippen LogP contribution in [0.15, 0.2) is 24.4 Å². The van der Waals surface area contributed by atoms with E-state index in [1.807, 2.05) is 0 Å². The Morgan fingerprint density at radius 3 is 2.39 bits per heavy atom. The molecule has 0 saturated carbocycles. The number of hydrogen-bond acceptors (Lipinski definition) is 3. The van der Waals surface area contributed by atoms with Crippen molar-refractivity contribution in [2.24, 2.45) is 0 Å². The Morgan fingerprint density at radius 2 is 1.87 bits per heavy atom. The normalized spacial score (nSPS) is 12.5. The van der Waals surface area contributed by atoms with Crippen LogP contribution < -0.4 is 10.2 Å². The van der Waals surface area contributed by atoms with Crippen molar-refractivity contribution < 1.29 is 27.2 Å². The number of nitrogens with zero attached hydrogens (tertiary/aromatic N) is 1. The lowest BCUT2D eigenvalue weighted by atomic mass is 9.77. The number of benzene rings is 1. The maximum absolute atomic E-state index is 13.4. The molecule has 8 heteroatoms. The van der Waals surface area contributed by atoms with Crippen LogP contribution in [-0.4, -0.2) is 29.8 Å². The zero-order valence-corrected chi connectivity index (χ0v) is 13.4. The number of fused-ring (bicyclic) bond motifs is 1. The van der Waals surface area contributed by atoms with Crippen molar-refractivity contribution in [3.63, 3.8) is 0 Å². The Balaban J connectivity index is 2.60. The molecule has 4 nitrogen and oxygen atoms in total. The zero-order valence-electron chi connectivity index (χ0n) is 13.4. The quantitative estimate of drug-likeness (QED) is 0.803. The molecular formula is C15H18BF3NO3-. The van der Waals surface area contributed by atoms with E-state index in [4.69, 9.17) is 9.47 Å². The minimum atomic E-state index is -5.29. The van der Waals surface area contributed by atoms with Crippen LogP contribution in [0.1, 0.15) is 27.7 Å². The van der Waals surface area contributed by atoms with Gasteiger partial charge in [-0.1, -0.05) is 5.46 Å². The molecule has 0 aliphatic carbocycles. The molecule has 1 heterocycles. The molecule has 0 saturated heterocycles. The fraction of sp³-hybridized carbons (Fsp3) is 0.400. The summed E-state index contributed by atoms with van der Waals surface area (Å²) in [6.07, 6.45) is 0.553. The molecule has 23 heavy (non-hydrogen) atoms. The van der Waals surface area contributed by atoms with Gasteiger partial charge < -0.3 is 22.4 Å². The van der Waals surface area contributed by atoms with Crippen LogP contribution in [0.25, 0.3) is 10.9 Å². The lowest BCUT2D eigenvalue weighted by Crippen LogP contribution is -2.36. The summed E-state index contributed by atoms with van der Waals surface area (Å²) in [6.45, 7) is 1.51. The van der Waals surface area contributed by atoms with Crippen molar-refractivity contribution in [2.75, 3.05) is 6.61 Å². The summed E-state index contributed by atoms with van der Waals surface area (Å²) in [5, 5.41) is -0.0747. The fourth-order valence-corrected chi connectivity index (χ4v) is 2.31. The third kappa shape index (κ3) is 3.63. The van der Waals surface area contributed by atoms with Crippen LogP contribution in [0.5, 0.6) is 5.75 Å². The predicted molar refractivity (Wildman–Crippen MR) is 83.5 cm³/mol. The monoisotopic (exact) mass is 328 g/mol. The predicted octanol–water partition coefficient (Wildman–Crippen LogP) is 3.88. The standard InChI is InChI=1S/C15H18BF3NO3/c1-5-22-12-7-6-11-10(13(12)16(17,18)19)8-9-20(11)14(21)23-15(2,3)4/h6-9H,5H2,1-4H3/q-1. The van der Waals surface area contributed by atoms with Crippen LogP contribution >= 0.6 is 0 Å². The van der Waals surface area contributed by atoms with Crippen LogP contribution in [0.3, 0.4) is 0 Å². The highest BCUT2D eigenvalue weighted by atomic mass is 19.4. The Labute approximate surface area is 132 Å². The highest BCUT2D eigenvalue weighted by Crippen LogP contribution is 2.27. The Bertz CT molecular complexity index is 732. The first-order valence-electron chi connectivity index (χ1n) is 7.24. The minimum absolute atomic E-state index is 0.0747. The van der Waals surface area contributed by atoms with Gasteiger partial charge in [-0.05, 0) is 51.3 Å². The molecular weight excluding hydrogens is 310 g/mol. The van der Waals surface area contributed by atoms with Crippen molar-refractivity contribution >= 4 is 29.4 Å². The van der Waals surface area contributed by atoms with Crippen molar-refractivity contribution in [1.82, 2.24) is 4.57 Å². The second kappa shape index (κ2) is 5.83. The van der Waals surface area contributed by atoms with Gasteiger partial charge in [0.05, 0.1) is 17.9 Å². The molecule has 0 amide bonds. The zero-order chi connectivity index (χ0) is 17.4. The van der Waals surface area contributed by atoms with E-state index in [1.54, 1.807) is 27.7 Å². The minimum Gasteiger partial charge on any atom is -0.497 e. The maximum atomic E-state index is 13.4. The molecule has 1 aromatic heterocycles. The summed E-state index contributed by atoms with van der Waals surface area (Å²) >= 11 is 0. The van der Waals surface area contributed by atoms with E-state index in [0.29, 0.717) is 0 Å². The van der Waals surface area contributed by atoms with E-state index in [1.165, 1.54) is 24.4 Å². The number of carbonyl (C=O) groups is 1. The number of rotatable bonds is 3. The first-order chi connectivity index (χ1) is 10.5. The summed E-state index contributed by atoms with van der Waals surface area (Å²) in [7, 11) is 0. The summed E-state index contributed by atoms with van der Waals surface area (Å²) in [5.74, 6) is -0.227. The molecule has 0 bridgehead atoms. The van der Waals surface area contributed by atoms with Gasteiger partial charge in [-0.2, -0.15) is 0 Å². The number of aromatic nitrogens is 1. The van der Waals surface area contributed by atoms with E-state index in [2.05, 4.69) is 0 Å². The topological polar surface area (TPSA) is 40.5 Å². The van der Waals surface area contributed by atoms with Gasteiger partial charge in [0.15, 0.2) is 0 Å². The van der Waals surface area contributed by atoms with Crippen LogP contribution in [0.2, 0.25) is 0 Å². The largest absolute Gasteiger partial charge is 0.513 e. The number of halogens is 3. The maximum Gasteiger partial charge on any atom is 0.513 e. The lowest BCUT2D eigenvalue weighted by Gasteiger charge is -2.22. The summed E-state index contributed by atoms with van der Waals surface area (Å²) in [4.78, 5) is 12.1. The third-order valence-corrected chi connectivity index (χ3v) is 3.09. The molecule has 2 aromatic rings. The van der Waals surface area contributed by atoms with E-state index in [0.717, 1.165) is 4.57 Å². The molecule has 2 rings (SSSR count). The first kappa shape index (κ1) is 17.2. The summed E-state index contributed by atoms with van der Waals surface area (Å²) < 4.78 is 51.7. The highest BCUT2D eigenvalue weighted by molar-refractivity contribution is 6.76. The number of carbonyl (C=O) groups excluding carboxylic acids is 1. The second-order valence-electron chi connectivity index (χ2n) is 6.08. The number of ether oxygens (including phenoxy) is 2. The van der Waals surface area contributed by atoms with Gasteiger partial charge in [-0.3, -0.25) is 4.57 Å². The number of hydrogen-bond donors (Lipinski definition) is 0. The highest BCUT2D eigenvalue weighted by Gasteiger charge is 2.32. The Kier molecular flexibility index (Phi) is 4.37. The summed E-state index contributed by atoms with van der Waals surface area (Å²) in [5.41, 5.74) is -1.43. The van der Waals surface area contributed by atoms with Gasteiger partial charge in [-0.25, -0.2) is 4.79 Å². The van der Waals surface area contributed by atoms with Crippen molar-refractivity contribution in [3.8, 4) is 5.75 Å². The van der Waals surface area contributed by atoms with Crippen molar-refractivity contribution in [1.29, 1.82) is 0 Å². The smallest absolute Gasteiger partial charge is 0.497 e. The molecule has 0 aliphatic rings. The van der Waals surface area contributed by atoms with Crippen LogP contribution in [0.4, 0.5) is 17.7 Å². The molecule has 0 spiro atoms. The molecule has 0 fully saturated rings. The molecule has 0 aliphatic heterocycles. The van der Waals surface area contributed by atoms with E-state index in [9.17, 15) is 17.7 Å². The van der Waals surface area contributed by atoms with Crippen LogP contribution in [-0.2, 0) is 4.74 Å². The molecule has 0 N–H and O–H groups in total. The lowest BCUT2D eigenvalue weighted by molar-refractivity contribution is 0.0544. The molecule has 0 atom stereocenters. The molecule has 0 unspecified atom stereocenters. The van der Waals surface area contributed by atoms with Gasteiger partial charge in [0.1, 0.15) is 5.60 Å². The molecule has 126 valence electrons. The third-order valence-electron chi connectivity index (χ3n) is 3.09. The van der Waals surface area contributed by atoms with Crippen molar-refractivity contribution in [2.45, 2.75) is 33.3 Å². The van der Waals surface area contributed by atoms with E-state index < -0.39 is 24.1 Å². The average Bonchev–Trinajstić information content (AvgIpc) is 2.78. The molecule has 1 aromatic carbocycles. The summed E-state index contributed by atoms with van der Waals surface area (Å²) in [6, 6.07) is 3.92. The van der Waals surface area contributed by atoms with E-state index in [-0.39, 0.29) is 23.3 Å². The van der Waals surface area contributed by atoms with Gasteiger partial charge >= 0.3 is 13.1 Å². The van der Waals surface area contributed by atoms with Gasteiger partial charge in [0.25, 0.3) is 0 Å².